The van der Waals surface area contributed by atoms with Crippen LogP contribution in [0.1, 0.15) is 30.0 Å². The minimum absolute atomic E-state index is 0.0345. The maximum Gasteiger partial charge on any atom is 0.273 e. The summed E-state index contributed by atoms with van der Waals surface area (Å²) in [4.78, 5) is 13.6. The Labute approximate surface area is 324 Å². The molecule has 8 rings (SSSR count). The van der Waals surface area contributed by atoms with Crippen LogP contribution in [0.5, 0.6) is 23.0 Å². The lowest BCUT2D eigenvalue weighted by atomic mass is 10.2. The maximum absolute atomic E-state index is 15.1. The lowest BCUT2D eigenvalue weighted by Gasteiger charge is -2.33. The van der Waals surface area contributed by atoms with Gasteiger partial charge in [-0.2, -0.15) is 5.10 Å². The van der Waals surface area contributed by atoms with Gasteiger partial charge in [-0.3, -0.25) is 5.10 Å². The molecule has 3 aromatic carbocycles. The lowest BCUT2D eigenvalue weighted by molar-refractivity contribution is 0.312. The van der Waals surface area contributed by atoms with E-state index >= 15 is 8.42 Å². The number of methoxy groups -OCH3 is 4. The van der Waals surface area contributed by atoms with Crippen molar-refractivity contribution in [3.05, 3.63) is 78.2 Å². The average molecular weight is 782 g/mol. The van der Waals surface area contributed by atoms with E-state index in [1.807, 2.05) is 6.07 Å². The third kappa shape index (κ3) is 7.22. The van der Waals surface area contributed by atoms with Gasteiger partial charge in [0.2, 0.25) is 0 Å². The van der Waals surface area contributed by atoms with Gasteiger partial charge in [-0.1, -0.05) is 17.3 Å². The van der Waals surface area contributed by atoms with Gasteiger partial charge < -0.3 is 38.6 Å². The quantitative estimate of drug-likeness (QED) is 0.136. The molecule has 56 heavy (non-hydrogen) atoms. The molecule has 17 heteroatoms. The fraction of sp³-hybridized carbons (Fsp3) is 0.333. The number of nitrogens with one attached hydrogen (secondary N) is 2. The Morgan fingerprint density at radius 3 is 2.18 bits per heavy atom. The first-order chi connectivity index (χ1) is 27.2. The minimum Gasteiger partial charge on any atom is -0.497 e. The SMILES string of the molecule is COc1ccc(CN(c2noc3cc(Nc4cc(C5CC5)[nH]n4)c(OC)cc23)S(=O)(=O)c2c(OC)cc(-c3ncc(N4CCN(C)CC4)cn3)cc2OC)cc1. The zero-order chi connectivity index (χ0) is 39.0. The molecule has 6 aromatic rings. The van der Waals surface area contributed by atoms with Gasteiger partial charge in [0.15, 0.2) is 27.9 Å². The van der Waals surface area contributed by atoms with Crippen molar-refractivity contribution in [2.45, 2.75) is 30.2 Å². The fourth-order valence-corrected chi connectivity index (χ4v) is 8.47. The molecule has 0 atom stereocenters. The molecule has 2 N–H and O–H groups in total. The molecule has 0 unspecified atom stereocenters. The molecular weight excluding hydrogens is 739 g/mol. The predicted octanol–water partition coefficient (Wildman–Crippen LogP) is 5.81. The molecule has 3 aromatic heterocycles. The van der Waals surface area contributed by atoms with Gasteiger partial charge in [-0.05, 0) is 55.8 Å². The third-order valence-corrected chi connectivity index (χ3v) is 11.9. The number of anilines is 4. The second-order valence-corrected chi connectivity index (χ2v) is 15.6. The number of ether oxygens (including phenoxy) is 4. The number of rotatable bonds is 14. The van der Waals surface area contributed by atoms with Crippen molar-refractivity contribution >= 4 is 44.0 Å². The predicted molar refractivity (Wildman–Crippen MR) is 211 cm³/mol. The van der Waals surface area contributed by atoms with E-state index in [9.17, 15) is 0 Å². The fourth-order valence-electron chi connectivity index (χ4n) is 6.78. The normalized spacial score (nSPS) is 14.8. The zero-order valence-corrected chi connectivity index (χ0v) is 32.6. The molecule has 0 amide bonds. The lowest BCUT2D eigenvalue weighted by Crippen LogP contribution is -2.44. The van der Waals surface area contributed by atoms with Crippen LogP contribution >= 0.6 is 0 Å². The number of fused-ring (bicyclic) bond motifs is 1. The van der Waals surface area contributed by atoms with E-state index in [0.29, 0.717) is 56.8 Å². The Morgan fingerprint density at radius 2 is 1.55 bits per heavy atom. The Balaban J connectivity index is 1.18. The second kappa shape index (κ2) is 15.2. The standard InChI is InChI=1S/C39H43N9O7S/c1-46-12-14-47(15-13-46)27-21-40-38(41-22-27)26-16-34(53-4)37(35(17-26)54-5)56(49,50)48(23-24-6-10-28(51-2)11-7-24)39-29-18-33(52-3)31(19-32(29)55-45-39)42-36-20-30(43-44-36)25-8-9-25/h6-7,10-11,16-22,25H,8-9,12-15,23H2,1-5H3,(H2,42,43,44). The molecule has 0 radical (unpaired) electrons. The van der Waals surface area contributed by atoms with Crippen LogP contribution in [0.25, 0.3) is 22.4 Å². The molecule has 1 saturated carbocycles. The summed E-state index contributed by atoms with van der Waals surface area (Å²) in [7, 11) is 3.50. The number of hydrogen-bond donors (Lipinski definition) is 2. The average Bonchev–Trinajstić information content (AvgIpc) is 3.84. The highest BCUT2D eigenvalue weighted by molar-refractivity contribution is 7.93. The number of H-pyrrole nitrogens is 1. The van der Waals surface area contributed by atoms with E-state index in [2.05, 4.69) is 47.5 Å². The van der Waals surface area contributed by atoms with Crippen molar-refractivity contribution in [1.29, 1.82) is 0 Å². The van der Waals surface area contributed by atoms with E-state index in [0.717, 1.165) is 50.4 Å². The van der Waals surface area contributed by atoms with Crippen LogP contribution < -0.4 is 33.5 Å². The van der Waals surface area contributed by atoms with Crippen molar-refractivity contribution in [2.75, 3.05) is 76.2 Å². The minimum atomic E-state index is -4.51. The van der Waals surface area contributed by atoms with Crippen LogP contribution in [0.4, 0.5) is 23.0 Å². The van der Waals surface area contributed by atoms with Crippen molar-refractivity contribution in [1.82, 2.24) is 30.2 Å². The van der Waals surface area contributed by atoms with Crippen LogP contribution in [-0.4, -0.2) is 100 Å². The molecule has 292 valence electrons. The van der Waals surface area contributed by atoms with Crippen LogP contribution in [0.15, 0.2) is 76.4 Å². The van der Waals surface area contributed by atoms with Crippen LogP contribution in [0.3, 0.4) is 0 Å². The summed E-state index contributed by atoms with van der Waals surface area (Å²) >= 11 is 0. The smallest absolute Gasteiger partial charge is 0.273 e. The van der Waals surface area contributed by atoms with E-state index < -0.39 is 10.0 Å². The van der Waals surface area contributed by atoms with Gasteiger partial charge in [-0.15, -0.1) is 0 Å². The molecule has 1 aliphatic carbocycles. The van der Waals surface area contributed by atoms with Crippen LogP contribution in [-0.2, 0) is 16.6 Å². The molecule has 2 fully saturated rings. The van der Waals surface area contributed by atoms with E-state index in [1.54, 1.807) is 68.0 Å². The van der Waals surface area contributed by atoms with Gasteiger partial charge in [-0.25, -0.2) is 22.7 Å². The molecule has 4 heterocycles. The highest BCUT2D eigenvalue weighted by Gasteiger charge is 2.36. The van der Waals surface area contributed by atoms with Crippen molar-refractivity contribution in [3.63, 3.8) is 0 Å². The first-order valence-electron chi connectivity index (χ1n) is 18.2. The Bertz CT molecular complexity index is 2420. The Hall–Kier alpha value is -6.07. The number of nitrogens with zero attached hydrogens (tertiary/aromatic N) is 7. The van der Waals surface area contributed by atoms with Crippen molar-refractivity contribution in [3.8, 4) is 34.4 Å². The number of likely N-dealkylation sites (N-methyl/N-ethyl adjacent to an activating group) is 1. The number of hydrogen-bond acceptors (Lipinski definition) is 14. The van der Waals surface area contributed by atoms with Gasteiger partial charge in [0.1, 0.15) is 23.0 Å². The van der Waals surface area contributed by atoms with E-state index in [4.69, 9.17) is 23.5 Å². The number of aromatic nitrogens is 5. The molecule has 0 bridgehead atoms. The number of sulfonamides is 1. The number of aromatic amines is 1. The van der Waals surface area contributed by atoms with Gasteiger partial charge >= 0.3 is 0 Å². The van der Waals surface area contributed by atoms with Gasteiger partial charge in [0, 0.05) is 55.5 Å². The highest BCUT2D eigenvalue weighted by Crippen LogP contribution is 2.44. The van der Waals surface area contributed by atoms with Gasteiger partial charge in [0.25, 0.3) is 10.0 Å². The van der Waals surface area contributed by atoms with Crippen molar-refractivity contribution in [2.24, 2.45) is 0 Å². The van der Waals surface area contributed by atoms with E-state index in [1.165, 1.54) is 25.6 Å². The monoisotopic (exact) mass is 781 g/mol. The topological polar surface area (TPSA) is 173 Å². The molecule has 1 saturated heterocycles. The first-order valence-corrected chi connectivity index (χ1v) is 19.6. The summed E-state index contributed by atoms with van der Waals surface area (Å²) in [6.07, 6.45) is 5.82. The maximum atomic E-state index is 15.1. The summed E-state index contributed by atoms with van der Waals surface area (Å²) in [5.74, 6) is 2.66. The summed E-state index contributed by atoms with van der Waals surface area (Å²) in [5.41, 5.74) is 4.05. The number of benzene rings is 3. The summed E-state index contributed by atoms with van der Waals surface area (Å²) in [6.45, 7) is 3.52. The molecule has 16 nitrogen and oxygen atoms in total. The van der Waals surface area contributed by atoms with Crippen LogP contribution in [0.2, 0.25) is 0 Å². The molecule has 1 aliphatic heterocycles. The zero-order valence-electron chi connectivity index (χ0n) is 31.8. The highest BCUT2D eigenvalue weighted by atomic mass is 32.2. The Kier molecular flexibility index (Phi) is 10.0. The van der Waals surface area contributed by atoms with E-state index in [-0.39, 0.29) is 28.8 Å². The second-order valence-electron chi connectivity index (χ2n) is 13.8. The van der Waals surface area contributed by atoms with Crippen LogP contribution in [0, 0.1) is 0 Å². The summed E-state index contributed by atoms with van der Waals surface area (Å²) < 4.78 is 60.0. The third-order valence-electron chi connectivity index (χ3n) is 10.1. The van der Waals surface area contributed by atoms with Gasteiger partial charge in [0.05, 0.1) is 64.1 Å². The first kappa shape index (κ1) is 36.9. The number of piperazine rings is 1. The largest absolute Gasteiger partial charge is 0.497 e. The summed E-state index contributed by atoms with van der Waals surface area (Å²) in [5, 5.41) is 15.5. The molecule has 2 aliphatic rings. The summed E-state index contributed by atoms with van der Waals surface area (Å²) in [6, 6.07) is 15.6. The molecule has 0 spiro atoms. The van der Waals surface area contributed by atoms with Crippen molar-refractivity contribution < 1.29 is 31.9 Å². The molecular formula is C39H43N9O7S. The Morgan fingerprint density at radius 1 is 0.875 bits per heavy atom.